The number of hydrogen-bond donors (Lipinski definition) is 3. The minimum Gasteiger partial charge on any atom is -0.453 e. The third kappa shape index (κ3) is 8.72. The van der Waals surface area contributed by atoms with E-state index in [4.69, 9.17) is 4.74 Å². The molecule has 2 saturated heterocycles. The normalized spacial score (nSPS) is 20.8. The molecule has 11 heteroatoms. The maximum atomic E-state index is 13.5. The van der Waals surface area contributed by atoms with E-state index in [0.29, 0.717) is 42.0 Å². The Balaban J connectivity index is 1.22. The fourth-order valence-corrected chi connectivity index (χ4v) is 6.53. The van der Waals surface area contributed by atoms with Crippen molar-refractivity contribution in [2.24, 2.45) is 23.7 Å². The number of aromatic amines is 2. The molecule has 2 aliphatic heterocycles. The van der Waals surface area contributed by atoms with Crippen molar-refractivity contribution in [1.29, 1.82) is 0 Å². The molecule has 1 aromatic carbocycles. The van der Waals surface area contributed by atoms with Crippen molar-refractivity contribution in [3.05, 3.63) is 70.8 Å². The number of imidazole rings is 2. The van der Waals surface area contributed by atoms with Gasteiger partial charge in [0.05, 0.1) is 31.6 Å². The molecule has 3 aromatic rings. The second-order valence-electron chi connectivity index (χ2n) is 14.1. The number of H-pyrrole nitrogens is 2. The monoisotopic (exact) mass is 665 g/mol. The van der Waals surface area contributed by atoms with Crippen molar-refractivity contribution in [3.63, 3.8) is 0 Å². The fraction of sp³-hybridized carbons (Fsp3) is 0.500. The van der Waals surface area contributed by atoms with Gasteiger partial charge in [0, 0.05) is 30.6 Å². The number of methoxy groups -OCH3 is 1. The molecule has 4 heterocycles. The lowest BCUT2D eigenvalue weighted by Crippen LogP contribution is -2.51. The summed E-state index contributed by atoms with van der Waals surface area (Å²) in [5.74, 6) is 15.1. The van der Waals surface area contributed by atoms with E-state index >= 15 is 0 Å². The number of nitrogens with zero attached hydrogens (tertiary/aromatic N) is 4. The van der Waals surface area contributed by atoms with Crippen LogP contribution in [0.3, 0.4) is 0 Å². The van der Waals surface area contributed by atoms with Crippen molar-refractivity contribution >= 4 is 17.9 Å². The lowest BCUT2D eigenvalue weighted by molar-refractivity contribution is -0.135. The van der Waals surface area contributed by atoms with E-state index in [0.717, 1.165) is 36.3 Å². The first kappa shape index (κ1) is 35.3. The number of ether oxygens (including phenoxy) is 1. The number of rotatable bonds is 7. The highest BCUT2D eigenvalue weighted by Crippen LogP contribution is 2.36. The lowest BCUT2D eigenvalue weighted by atomic mass is 10.0. The summed E-state index contributed by atoms with van der Waals surface area (Å²) in [5, 5.41) is 2.69. The molecule has 0 spiro atoms. The van der Waals surface area contributed by atoms with Crippen molar-refractivity contribution in [1.82, 2.24) is 35.1 Å². The molecule has 5 atom stereocenters. The summed E-state index contributed by atoms with van der Waals surface area (Å²) in [5.41, 5.74) is 3.03. The van der Waals surface area contributed by atoms with Crippen molar-refractivity contribution in [3.8, 4) is 23.7 Å². The quantitative estimate of drug-likeness (QED) is 0.298. The van der Waals surface area contributed by atoms with Gasteiger partial charge in [-0.25, -0.2) is 14.8 Å². The van der Waals surface area contributed by atoms with E-state index in [1.165, 1.54) is 7.11 Å². The van der Waals surface area contributed by atoms with Gasteiger partial charge in [-0.2, -0.15) is 0 Å². The molecule has 3 amide bonds. The maximum absolute atomic E-state index is 13.5. The zero-order chi connectivity index (χ0) is 35.2. The minimum atomic E-state index is -0.697. The van der Waals surface area contributed by atoms with Gasteiger partial charge in [0.15, 0.2) is 0 Å². The number of amides is 3. The third-order valence-corrected chi connectivity index (χ3v) is 8.99. The summed E-state index contributed by atoms with van der Waals surface area (Å²) < 4.78 is 4.74. The second-order valence-corrected chi connectivity index (χ2v) is 14.1. The molecule has 3 N–H and O–H groups in total. The SMILES string of the molecule is COC(=O)N[C@H](C(=O)N1CC(C)C[C@H]1c1ncc(C#Cc2ccc(C#Cc3cnc([C@@H]4CC(C)CN4C(=O)CC(C)C)[nH]3)cc2)[nH]1)C(C)C. The first-order chi connectivity index (χ1) is 23.4. The molecule has 0 saturated carbocycles. The fourth-order valence-electron chi connectivity index (χ4n) is 6.53. The van der Waals surface area contributed by atoms with Crippen LogP contribution in [0.5, 0.6) is 0 Å². The number of alkyl carbamates (subject to hydrolysis) is 1. The Bertz CT molecular complexity index is 1770. The lowest BCUT2D eigenvalue weighted by Gasteiger charge is -2.30. The van der Waals surface area contributed by atoms with Crippen LogP contribution < -0.4 is 5.32 Å². The van der Waals surface area contributed by atoms with Crippen LogP contribution in [0.15, 0.2) is 36.7 Å². The molecule has 0 aliphatic carbocycles. The van der Waals surface area contributed by atoms with E-state index in [9.17, 15) is 14.4 Å². The van der Waals surface area contributed by atoms with Crippen LogP contribution in [-0.4, -0.2) is 73.9 Å². The number of carbonyl (C=O) groups excluding carboxylic acids is 3. The standard InChI is InChI=1S/C38H47N7O4/c1-23(2)16-33(46)44-21-25(5)17-31(44)35-39-19-29(41-35)14-12-27-8-10-28(11-9-27)13-15-30-20-40-36(42-30)32-18-26(6)22-45(32)37(47)34(24(3)4)43-38(48)49-7/h8-11,19-20,23-26,31-32,34H,16-18,21-22H2,1-7H3,(H,39,41)(H,40,42)(H,43,48)/t25?,26?,31-,32-,34-/m0/s1. The van der Waals surface area contributed by atoms with E-state index in [2.05, 4.69) is 76.6 Å². The Morgan fingerprint density at radius 2 is 1.33 bits per heavy atom. The number of hydrogen-bond acceptors (Lipinski definition) is 6. The first-order valence-corrected chi connectivity index (χ1v) is 17.1. The highest BCUT2D eigenvalue weighted by molar-refractivity contribution is 5.86. The molecule has 2 fully saturated rings. The summed E-state index contributed by atoms with van der Waals surface area (Å²) >= 11 is 0. The zero-order valence-corrected chi connectivity index (χ0v) is 29.5. The van der Waals surface area contributed by atoms with Crippen LogP contribution in [0.4, 0.5) is 4.79 Å². The molecular weight excluding hydrogens is 618 g/mol. The molecule has 0 radical (unpaired) electrons. The van der Waals surface area contributed by atoms with Crippen molar-refractivity contribution < 1.29 is 19.1 Å². The van der Waals surface area contributed by atoms with Gasteiger partial charge in [-0.3, -0.25) is 9.59 Å². The molecular formula is C38H47N7O4. The number of benzene rings is 1. The summed E-state index contributed by atoms with van der Waals surface area (Å²) in [4.78, 5) is 57.8. The van der Waals surface area contributed by atoms with E-state index in [-0.39, 0.29) is 35.7 Å². The van der Waals surface area contributed by atoms with Crippen LogP contribution in [0.2, 0.25) is 0 Å². The first-order valence-electron chi connectivity index (χ1n) is 17.1. The van der Waals surface area contributed by atoms with Crippen LogP contribution in [-0.2, 0) is 14.3 Å². The van der Waals surface area contributed by atoms with Crippen LogP contribution >= 0.6 is 0 Å². The van der Waals surface area contributed by atoms with Gasteiger partial charge >= 0.3 is 6.09 Å². The predicted molar refractivity (Wildman–Crippen MR) is 186 cm³/mol. The highest BCUT2D eigenvalue weighted by Gasteiger charge is 2.40. The summed E-state index contributed by atoms with van der Waals surface area (Å²) in [6.07, 6.45) is 4.98. The number of carbonyl (C=O) groups is 3. The van der Waals surface area contributed by atoms with E-state index < -0.39 is 12.1 Å². The summed E-state index contributed by atoms with van der Waals surface area (Å²) in [7, 11) is 1.29. The maximum Gasteiger partial charge on any atom is 0.407 e. The highest BCUT2D eigenvalue weighted by atomic mass is 16.5. The average molecular weight is 666 g/mol. The third-order valence-electron chi connectivity index (χ3n) is 8.99. The minimum absolute atomic E-state index is 0.0451. The van der Waals surface area contributed by atoms with E-state index in [1.807, 2.05) is 43.0 Å². The molecule has 5 rings (SSSR count). The Morgan fingerprint density at radius 1 is 0.837 bits per heavy atom. The molecule has 2 aliphatic rings. The topological polar surface area (TPSA) is 136 Å². The largest absolute Gasteiger partial charge is 0.453 e. The van der Waals surface area contributed by atoms with Crippen molar-refractivity contribution in [2.75, 3.05) is 20.2 Å². The van der Waals surface area contributed by atoms with Gasteiger partial charge in [0.2, 0.25) is 11.8 Å². The van der Waals surface area contributed by atoms with Gasteiger partial charge in [0.1, 0.15) is 29.1 Å². The Labute approximate surface area is 289 Å². The van der Waals surface area contributed by atoms with Crippen LogP contribution in [0.1, 0.15) is 107 Å². The Morgan fingerprint density at radius 3 is 1.80 bits per heavy atom. The zero-order valence-electron chi connectivity index (χ0n) is 29.5. The van der Waals surface area contributed by atoms with Gasteiger partial charge in [0.25, 0.3) is 0 Å². The smallest absolute Gasteiger partial charge is 0.407 e. The molecule has 49 heavy (non-hydrogen) atoms. The van der Waals surface area contributed by atoms with Gasteiger partial charge in [-0.1, -0.05) is 53.4 Å². The average Bonchev–Trinajstić information content (AvgIpc) is 3.87. The number of nitrogens with one attached hydrogen (secondary N) is 3. The van der Waals surface area contributed by atoms with Gasteiger partial charge < -0.3 is 29.8 Å². The van der Waals surface area contributed by atoms with Crippen LogP contribution in [0.25, 0.3) is 0 Å². The summed E-state index contributed by atoms with van der Waals surface area (Å²) in [6.45, 7) is 13.5. The molecule has 2 aromatic heterocycles. The van der Waals surface area contributed by atoms with Crippen molar-refractivity contribution in [2.45, 2.75) is 78.9 Å². The summed E-state index contributed by atoms with van der Waals surface area (Å²) in [6, 6.07) is 6.71. The number of aromatic nitrogens is 4. The Hall–Kier alpha value is -5.03. The molecule has 258 valence electrons. The van der Waals surface area contributed by atoms with Gasteiger partial charge in [-0.15, -0.1) is 0 Å². The molecule has 2 unspecified atom stereocenters. The molecule has 11 nitrogen and oxygen atoms in total. The predicted octanol–water partition coefficient (Wildman–Crippen LogP) is 5.18. The Kier molecular flexibility index (Phi) is 11.1. The molecule has 0 bridgehead atoms. The number of likely N-dealkylation sites (tertiary alicyclic amines) is 2. The second kappa shape index (κ2) is 15.5. The van der Waals surface area contributed by atoms with E-state index in [1.54, 1.807) is 17.3 Å². The van der Waals surface area contributed by atoms with Gasteiger partial charge in [-0.05, 0) is 72.6 Å². The van der Waals surface area contributed by atoms with Crippen LogP contribution in [0, 0.1) is 47.4 Å².